The molecule has 1 rings (SSSR count). The van der Waals surface area contributed by atoms with Crippen molar-refractivity contribution in [1.29, 1.82) is 0 Å². The van der Waals surface area contributed by atoms with Crippen LogP contribution in [0.15, 0.2) is 24.3 Å². The number of Topliss-reactive ketones (excluding diaryl/α,β-unsaturated/α-hetero) is 1. The summed E-state index contributed by atoms with van der Waals surface area (Å²) in [4.78, 5) is 63.3. The number of carbonyl (C=O) groups is 5. The maximum absolute atomic E-state index is 13.6. The molecule has 0 saturated carbocycles. The van der Waals surface area contributed by atoms with E-state index in [2.05, 4.69) is 0 Å². The predicted molar refractivity (Wildman–Crippen MR) is 144 cm³/mol. The summed E-state index contributed by atoms with van der Waals surface area (Å²) in [7, 11) is 0. The molecule has 1 N–H and O–H groups in total. The monoisotopic (exact) mass is 533 g/mol. The molecule has 0 aliphatic heterocycles. The highest BCUT2D eigenvalue weighted by molar-refractivity contribution is 6.17. The number of rotatable bonds is 16. The van der Waals surface area contributed by atoms with E-state index in [1.54, 1.807) is 53.7 Å². The topological polar surface area (TPSA) is 127 Å². The maximum Gasteiger partial charge on any atom is 0.421 e. The van der Waals surface area contributed by atoms with E-state index >= 15 is 0 Å². The van der Waals surface area contributed by atoms with Gasteiger partial charge in [-0.05, 0) is 65.5 Å². The van der Waals surface area contributed by atoms with Crippen molar-refractivity contribution < 1.29 is 38.6 Å². The molecular weight excluding hydrogens is 490 g/mol. The Labute approximate surface area is 225 Å². The summed E-state index contributed by atoms with van der Waals surface area (Å²) >= 11 is 0. The molecule has 0 radical (unpaired) electrons. The second-order valence-corrected chi connectivity index (χ2v) is 10.6. The van der Waals surface area contributed by atoms with Gasteiger partial charge in [-0.2, -0.15) is 0 Å². The van der Waals surface area contributed by atoms with Gasteiger partial charge in [0.1, 0.15) is 5.78 Å². The fourth-order valence-corrected chi connectivity index (χ4v) is 3.95. The quantitative estimate of drug-likeness (QED) is 0.197. The molecule has 0 aromatic heterocycles. The smallest absolute Gasteiger partial charge is 0.421 e. The van der Waals surface area contributed by atoms with Gasteiger partial charge < -0.3 is 14.6 Å². The van der Waals surface area contributed by atoms with Gasteiger partial charge in [0.15, 0.2) is 0 Å². The molecule has 0 fully saturated rings. The van der Waals surface area contributed by atoms with Crippen molar-refractivity contribution in [2.75, 3.05) is 18.1 Å². The number of anilines is 1. The van der Waals surface area contributed by atoms with Crippen molar-refractivity contribution in [2.24, 2.45) is 10.8 Å². The molecule has 1 aromatic carbocycles. The highest BCUT2D eigenvalue weighted by Gasteiger charge is 2.38. The van der Waals surface area contributed by atoms with E-state index in [1.807, 2.05) is 0 Å². The van der Waals surface area contributed by atoms with Gasteiger partial charge >= 0.3 is 18.0 Å². The number of carboxylic acid groups (broad SMARTS) is 1. The van der Waals surface area contributed by atoms with Gasteiger partial charge in [-0.25, -0.2) is 14.5 Å². The summed E-state index contributed by atoms with van der Waals surface area (Å²) in [6.07, 6.45) is 3.34. The van der Waals surface area contributed by atoms with Crippen LogP contribution in [-0.2, 0) is 23.9 Å². The molecule has 0 aliphatic carbocycles. The Bertz CT molecular complexity index is 983. The number of amides is 2. The van der Waals surface area contributed by atoms with E-state index in [0.29, 0.717) is 51.4 Å². The SMILES string of the molecule is CCOC(=O)c1ccccc1N(C(=O)OCC)C(=O)C(C)(C)CCCCC(=O)CCCCC(C)(C)C(=O)O. The van der Waals surface area contributed by atoms with Gasteiger partial charge in [-0.3, -0.25) is 14.4 Å². The Balaban J connectivity index is 2.79. The van der Waals surface area contributed by atoms with Crippen molar-refractivity contribution in [3.05, 3.63) is 29.8 Å². The number of ether oxygens (including phenoxy) is 2. The first-order chi connectivity index (χ1) is 17.8. The molecule has 0 saturated heterocycles. The van der Waals surface area contributed by atoms with E-state index in [4.69, 9.17) is 9.47 Å². The Morgan fingerprint density at radius 1 is 0.789 bits per heavy atom. The molecule has 38 heavy (non-hydrogen) atoms. The molecule has 0 aliphatic rings. The summed E-state index contributed by atoms with van der Waals surface area (Å²) < 4.78 is 10.2. The van der Waals surface area contributed by atoms with E-state index in [9.17, 15) is 29.1 Å². The first-order valence-corrected chi connectivity index (χ1v) is 13.3. The number of hydrogen-bond acceptors (Lipinski definition) is 7. The fraction of sp³-hybridized carbons (Fsp3) is 0.621. The number of imide groups is 1. The third kappa shape index (κ3) is 9.91. The molecular formula is C29H43NO8. The largest absolute Gasteiger partial charge is 0.481 e. The van der Waals surface area contributed by atoms with Crippen molar-refractivity contribution in [3.8, 4) is 0 Å². The molecule has 0 heterocycles. The average Bonchev–Trinajstić information content (AvgIpc) is 2.85. The molecule has 0 spiro atoms. The van der Waals surface area contributed by atoms with Crippen molar-refractivity contribution >= 4 is 35.4 Å². The number of esters is 1. The first-order valence-electron chi connectivity index (χ1n) is 13.3. The molecule has 0 atom stereocenters. The summed E-state index contributed by atoms with van der Waals surface area (Å²) in [6.45, 7) is 10.3. The van der Waals surface area contributed by atoms with Gasteiger partial charge in [0.05, 0.1) is 29.9 Å². The summed E-state index contributed by atoms with van der Waals surface area (Å²) in [5.74, 6) is -1.89. The third-order valence-electron chi connectivity index (χ3n) is 6.47. The van der Waals surface area contributed by atoms with Gasteiger partial charge in [-0.1, -0.05) is 38.8 Å². The molecule has 9 heteroatoms. The zero-order chi connectivity index (χ0) is 28.9. The van der Waals surface area contributed by atoms with Crippen LogP contribution in [0, 0.1) is 10.8 Å². The van der Waals surface area contributed by atoms with Crippen molar-refractivity contribution in [1.82, 2.24) is 0 Å². The fourth-order valence-electron chi connectivity index (χ4n) is 3.95. The Morgan fingerprint density at radius 3 is 1.84 bits per heavy atom. The minimum absolute atomic E-state index is 0.0561. The van der Waals surface area contributed by atoms with Crippen LogP contribution in [0.25, 0.3) is 0 Å². The summed E-state index contributed by atoms with van der Waals surface area (Å²) in [5.41, 5.74) is -1.58. The zero-order valence-corrected chi connectivity index (χ0v) is 23.6. The van der Waals surface area contributed by atoms with Crippen LogP contribution in [0.5, 0.6) is 0 Å². The number of aliphatic carboxylic acids is 1. The molecule has 0 unspecified atom stereocenters. The maximum atomic E-state index is 13.6. The molecule has 212 valence electrons. The number of para-hydroxylation sites is 1. The van der Waals surface area contributed by atoms with Gasteiger partial charge in [-0.15, -0.1) is 0 Å². The van der Waals surface area contributed by atoms with Crippen LogP contribution in [0.3, 0.4) is 0 Å². The van der Waals surface area contributed by atoms with Crippen LogP contribution in [0.1, 0.15) is 103 Å². The summed E-state index contributed by atoms with van der Waals surface area (Å²) in [6, 6.07) is 6.25. The lowest BCUT2D eigenvalue weighted by Gasteiger charge is -2.31. The molecule has 9 nitrogen and oxygen atoms in total. The number of carboxylic acids is 1. The lowest BCUT2D eigenvalue weighted by molar-refractivity contribution is -0.147. The van der Waals surface area contributed by atoms with E-state index in [-0.39, 0.29) is 30.2 Å². The minimum atomic E-state index is -0.972. The summed E-state index contributed by atoms with van der Waals surface area (Å²) in [5, 5.41) is 9.17. The lowest BCUT2D eigenvalue weighted by Crippen LogP contribution is -2.46. The number of hydrogen-bond donors (Lipinski definition) is 1. The standard InChI is InChI=1S/C29H43NO8/c1-7-37-24(32)22-17-9-10-18-23(22)30(27(36)38-8-2)25(33)28(3,4)19-13-11-15-21(31)16-12-14-20-29(5,6)26(34)35/h9-10,17-18H,7-8,11-16,19-20H2,1-6H3,(H,34,35). The minimum Gasteiger partial charge on any atom is -0.481 e. The molecule has 2 amide bonds. The van der Waals surface area contributed by atoms with E-state index in [0.717, 1.165) is 4.90 Å². The third-order valence-corrected chi connectivity index (χ3v) is 6.47. The second kappa shape index (κ2) is 15.2. The van der Waals surface area contributed by atoms with Gasteiger partial charge in [0, 0.05) is 18.3 Å². The first kappa shape index (κ1) is 32.8. The Morgan fingerprint density at radius 2 is 1.32 bits per heavy atom. The van der Waals surface area contributed by atoms with Crippen molar-refractivity contribution in [2.45, 2.75) is 92.9 Å². The van der Waals surface area contributed by atoms with Gasteiger partial charge in [0.25, 0.3) is 0 Å². The average molecular weight is 534 g/mol. The number of benzene rings is 1. The van der Waals surface area contributed by atoms with Crippen LogP contribution in [0.2, 0.25) is 0 Å². The highest BCUT2D eigenvalue weighted by atomic mass is 16.6. The molecule has 0 bridgehead atoms. The van der Waals surface area contributed by atoms with Crippen LogP contribution < -0.4 is 4.90 Å². The number of unbranched alkanes of at least 4 members (excludes halogenated alkanes) is 2. The number of carbonyl (C=O) groups excluding carboxylic acids is 4. The normalized spacial score (nSPS) is 11.5. The highest BCUT2D eigenvalue weighted by Crippen LogP contribution is 2.32. The van der Waals surface area contributed by atoms with Crippen LogP contribution in [0.4, 0.5) is 10.5 Å². The van der Waals surface area contributed by atoms with Crippen LogP contribution >= 0.6 is 0 Å². The Kier molecular flexibility index (Phi) is 13.2. The number of nitrogens with zero attached hydrogens (tertiary/aromatic N) is 1. The van der Waals surface area contributed by atoms with Gasteiger partial charge in [0.2, 0.25) is 5.91 Å². The zero-order valence-electron chi connectivity index (χ0n) is 23.6. The Hall–Kier alpha value is -3.23. The van der Waals surface area contributed by atoms with Crippen molar-refractivity contribution in [3.63, 3.8) is 0 Å². The van der Waals surface area contributed by atoms with E-state index < -0.39 is 34.8 Å². The lowest BCUT2D eigenvalue weighted by atomic mass is 9.84. The predicted octanol–water partition coefficient (Wildman–Crippen LogP) is 6.18. The number of ketones is 1. The van der Waals surface area contributed by atoms with Crippen LogP contribution in [-0.4, -0.2) is 48.0 Å². The second-order valence-electron chi connectivity index (χ2n) is 10.6. The van der Waals surface area contributed by atoms with E-state index in [1.165, 1.54) is 12.1 Å². The molecule has 1 aromatic rings.